The summed E-state index contributed by atoms with van der Waals surface area (Å²) in [5.74, 6) is 0. The van der Waals surface area contributed by atoms with E-state index < -0.39 is 0 Å². The summed E-state index contributed by atoms with van der Waals surface area (Å²) in [6.07, 6.45) is 11.0. The van der Waals surface area contributed by atoms with Gasteiger partial charge in [0, 0.05) is 150 Å². The molecule has 21 aromatic carbocycles. The Hall–Kier alpha value is -18.9. The second-order valence-corrected chi connectivity index (χ2v) is 40.8. The zero-order valence-corrected chi connectivity index (χ0v) is 81.1. The quantitative estimate of drug-likeness (QED) is 0.133. The van der Waals surface area contributed by atoms with Gasteiger partial charge in [0.25, 0.3) is 0 Å². The predicted molar refractivity (Wildman–Crippen MR) is 620 cm³/mol. The first kappa shape index (κ1) is 82.8. The molecule has 0 saturated carbocycles. The Morgan fingerprint density at radius 2 is 0.381 bits per heavy atom. The lowest BCUT2D eigenvalue weighted by molar-refractivity contribution is 1.18. The standard InChI is InChI=1S/C46H26N4S.C46H28N4S.C40H24N4S/c1-2-12-27(13-3-1)49-38-20-10-8-18-34(38)40-41-35-19-9-11-21-39(35)50(44(41)45-42(43(40)49)37-25-47-26-48-46(37)51-45)28-22-23-33-31-16-5-4-14-29(31)30-15-6-7-17-32(30)36(33)24-28;1-4-14-29(15-5-1)31-24-32(30-16-6-2-7-17-30)26-34(25-31)50-39-23-13-11-21-36(39)41-40-35-20-10-12-22-38(35)49(33-18-8-3-9-19-33)43(40)42-37-27-47-28-48-46(37)51-45(42)44(41)50;1-3-11-25(12-4-1)26-19-21-28(22-20-26)44-33-18-10-8-16-30(33)35-34-29-15-7-9-17-32(29)43(27-13-5-2-6-14-27)37(34)36-31-23-41-24-42-40(31)45-39(36)38(35)44/h1-26H;1-28H;1-24H. The fourth-order valence-electron chi connectivity index (χ4n) is 24.2. The van der Waals surface area contributed by atoms with Crippen LogP contribution in [0.5, 0.6) is 0 Å². The van der Waals surface area contributed by atoms with E-state index >= 15 is 0 Å². The van der Waals surface area contributed by atoms with E-state index in [4.69, 9.17) is 15.0 Å². The Kier molecular flexibility index (Phi) is 18.5. The van der Waals surface area contributed by atoms with E-state index in [0.717, 1.165) is 64.8 Å². The SMILES string of the molecule is c1ccc(-c2cc(-c3ccccc3)cc(-n3c4ccccc4c4c5c6ccccc6n(-c6ccccc6)c5c5c6cncnc6sc5c43)c2)cc1.c1ccc(-c2ccc(-n3c4ccccc4c4c5c6ccccc6n(-c6ccccc6)c5c5c6cncnc6sc5c43)cc2)cc1.c1ccc(-n2c3ccccc3c3c4c5ccccc5n(-c5ccc6c7ccccc7c7ccccc7c6c5)c4c4sc5ncncc5c4c32)cc1. The highest BCUT2D eigenvalue weighted by molar-refractivity contribution is 7.27. The van der Waals surface area contributed by atoms with Crippen LogP contribution in [0.1, 0.15) is 0 Å². The third-order valence-electron chi connectivity index (χ3n) is 30.1. The molecule has 684 valence electrons. The summed E-state index contributed by atoms with van der Waals surface area (Å²) in [5, 5.41) is 29.4. The summed E-state index contributed by atoms with van der Waals surface area (Å²) >= 11 is 5.29. The zero-order chi connectivity index (χ0) is 96.2. The first-order chi connectivity index (χ1) is 73.0. The van der Waals surface area contributed by atoms with Crippen molar-refractivity contribution in [3.05, 3.63) is 474 Å². The molecule has 147 heavy (non-hydrogen) atoms. The van der Waals surface area contributed by atoms with Crippen molar-refractivity contribution in [2.24, 2.45) is 0 Å². The van der Waals surface area contributed by atoms with E-state index in [2.05, 4.69) is 479 Å². The number of aromatic nitrogens is 12. The van der Waals surface area contributed by atoms with Crippen molar-refractivity contribution < 1.29 is 0 Å². The van der Waals surface area contributed by atoms with E-state index in [1.807, 2.05) is 18.6 Å². The Morgan fingerprint density at radius 3 is 0.707 bits per heavy atom. The maximum Gasteiger partial charge on any atom is 0.128 e. The summed E-state index contributed by atoms with van der Waals surface area (Å²) in [6.45, 7) is 0. The Bertz CT molecular complexity index is 11200. The third kappa shape index (κ3) is 12.4. The van der Waals surface area contributed by atoms with Gasteiger partial charge >= 0.3 is 0 Å². The molecule has 0 aliphatic heterocycles. The molecule has 0 N–H and O–H groups in total. The van der Waals surface area contributed by atoms with Crippen LogP contribution >= 0.6 is 34.0 Å². The lowest BCUT2D eigenvalue weighted by Gasteiger charge is -2.15. The number of fused-ring (bicyclic) bond motifs is 42. The molecule has 0 aliphatic rings. The molecule has 0 amide bonds. The minimum absolute atomic E-state index is 0.985. The second-order valence-electron chi connectivity index (χ2n) is 37.8. The van der Waals surface area contributed by atoms with Gasteiger partial charge in [-0.05, 0) is 181 Å². The molecular formula is C132H78N12S3. The molecule has 0 spiro atoms. The molecule has 12 nitrogen and oxygen atoms in total. The van der Waals surface area contributed by atoms with Gasteiger partial charge in [-0.25, -0.2) is 29.9 Å². The molecule has 0 unspecified atom stereocenters. The van der Waals surface area contributed by atoms with E-state index in [9.17, 15) is 0 Å². The highest BCUT2D eigenvalue weighted by Gasteiger charge is 2.33. The summed E-state index contributed by atoms with van der Waals surface area (Å²) < 4.78 is 18.4. The van der Waals surface area contributed by atoms with Crippen LogP contribution in [0, 0.1) is 0 Å². The van der Waals surface area contributed by atoms with Gasteiger partial charge in [-0.3, -0.25) is 0 Å². The predicted octanol–water partition coefficient (Wildman–Crippen LogP) is 35.6. The molecule has 33 aromatic rings. The van der Waals surface area contributed by atoms with Crippen LogP contribution in [0.15, 0.2) is 474 Å². The summed E-state index contributed by atoms with van der Waals surface area (Å²) in [7, 11) is 0. The van der Waals surface area contributed by atoms with E-state index in [-0.39, 0.29) is 0 Å². The largest absolute Gasteiger partial charge is 0.309 e. The highest BCUT2D eigenvalue weighted by atomic mass is 32.1. The fraction of sp³-hybridized carbons (Fsp3) is 0. The Labute approximate surface area is 850 Å². The molecule has 12 heterocycles. The molecule has 0 bridgehead atoms. The molecule has 12 aromatic heterocycles. The average molecular weight is 1930 g/mol. The lowest BCUT2D eigenvalue weighted by atomic mass is 9.94. The van der Waals surface area contributed by atoms with Gasteiger partial charge in [-0.1, -0.05) is 322 Å². The fourth-order valence-corrected chi connectivity index (χ4v) is 27.7. The lowest BCUT2D eigenvalue weighted by Crippen LogP contribution is -1.97. The number of rotatable bonds is 9. The zero-order valence-electron chi connectivity index (χ0n) is 78.6. The van der Waals surface area contributed by atoms with Crippen LogP contribution in [0.2, 0.25) is 0 Å². The summed E-state index contributed by atoms with van der Waals surface area (Å²) in [4.78, 5) is 31.1. The van der Waals surface area contributed by atoms with E-state index in [0.29, 0.717) is 0 Å². The van der Waals surface area contributed by atoms with Crippen molar-refractivity contribution in [1.82, 2.24) is 57.3 Å². The van der Waals surface area contributed by atoms with Gasteiger partial charge in [0.05, 0.1) is 80.3 Å². The maximum atomic E-state index is 4.84. The molecule has 0 saturated heterocycles. The first-order valence-corrected chi connectivity index (χ1v) is 51.9. The molecular weight excluding hydrogens is 1850 g/mol. The summed E-state index contributed by atoms with van der Waals surface area (Å²) in [6, 6.07) is 158. The van der Waals surface area contributed by atoms with Crippen molar-refractivity contribution in [1.29, 1.82) is 0 Å². The minimum atomic E-state index is 0.985. The van der Waals surface area contributed by atoms with Crippen LogP contribution in [-0.4, -0.2) is 57.3 Å². The van der Waals surface area contributed by atoms with Gasteiger partial charge in [0.1, 0.15) is 33.5 Å². The van der Waals surface area contributed by atoms with Crippen LogP contribution in [-0.2, 0) is 0 Å². The average Bonchev–Trinajstić information content (AvgIpc) is 1.52. The molecule has 0 fully saturated rings. The minimum Gasteiger partial charge on any atom is -0.309 e. The number of nitrogens with zero attached hydrogens (tertiary/aromatic N) is 12. The number of thiophene rings is 3. The van der Waals surface area contributed by atoms with E-state index in [1.54, 1.807) is 53.0 Å². The van der Waals surface area contributed by atoms with Crippen molar-refractivity contribution in [2.75, 3.05) is 0 Å². The normalized spacial score (nSPS) is 12.1. The molecule has 0 aliphatic carbocycles. The number of benzene rings is 21. The van der Waals surface area contributed by atoms with Gasteiger partial charge in [-0.2, -0.15) is 0 Å². The van der Waals surface area contributed by atoms with Crippen LogP contribution in [0.4, 0.5) is 0 Å². The first-order valence-electron chi connectivity index (χ1n) is 49.5. The molecule has 15 heteroatoms. The Balaban J connectivity index is 0.000000100. The van der Waals surface area contributed by atoms with Gasteiger partial charge in [-0.15, -0.1) is 34.0 Å². The summed E-state index contributed by atoms with van der Waals surface area (Å²) in [5.41, 5.74) is 28.3. The van der Waals surface area contributed by atoms with Crippen LogP contribution < -0.4 is 0 Å². The van der Waals surface area contributed by atoms with E-state index in [1.165, 1.54) is 227 Å². The van der Waals surface area contributed by atoms with Crippen molar-refractivity contribution >= 4 is 258 Å². The van der Waals surface area contributed by atoms with Crippen molar-refractivity contribution in [2.45, 2.75) is 0 Å². The van der Waals surface area contributed by atoms with Crippen molar-refractivity contribution in [3.63, 3.8) is 0 Å². The Morgan fingerprint density at radius 1 is 0.150 bits per heavy atom. The molecule has 0 radical (unpaired) electrons. The maximum absolute atomic E-state index is 4.84. The number of hydrogen-bond acceptors (Lipinski definition) is 9. The third-order valence-corrected chi connectivity index (χ3v) is 33.5. The number of para-hydroxylation sites is 9. The van der Waals surface area contributed by atoms with Crippen LogP contribution in [0.3, 0.4) is 0 Å². The topological polar surface area (TPSA) is 107 Å². The monoisotopic (exact) mass is 1930 g/mol. The molecule has 0 atom stereocenters. The molecule has 33 rings (SSSR count). The van der Waals surface area contributed by atoms with Gasteiger partial charge in [0.2, 0.25) is 0 Å². The smallest absolute Gasteiger partial charge is 0.128 e. The number of hydrogen-bond donors (Lipinski definition) is 0. The highest BCUT2D eigenvalue weighted by Crippen LogP contribution is 2.57. The van der Waals surface area contributed by atoms with Crippen LogP contribution in [0.25, 0.3) is 292 Å². The second kappa shape index (κ2) is 32.8. The van der Waals surface area contributed by atoms with Gasteiger partial charge < -0.3 is 27.4 Å². The van der Waals surface area contributed by atoms with Crippen molar-refractivity contribution in [3.8, 4) is 67.5 Å². The van der Waals surface area contributed by atoms with Gasteiger partial charge in [0.15, 0.2) is 0 Å².